The van der Waals surface area contributed by atoms with Crippen molar-refractivity contribution in [2.24, 2.45) is 0 Å². The molecule has 1 aromatic rings. The molecule has 1 rings (SSSR count). The number of benzene rings is 1. The summed E-state index contributed by atoms with van der Waals surface area (Å²) in [5, 5.41) is 8.51. The van der Waals surface area contributed by atoms with Gasteiger partial charge in [0.15, 0.2) is 0 Å². The molecule has 0 bridgehead atoms. The van der Waals surface area contributed by atoms with Crippen molar-refractivity contribution in [3.63, 3.8) is 0 Å². The number of thioether (sulfide) groups is 1. The summed E-state index contributed by atoms with van der Waals surface area (Å²) in [6, 6.07) is 7.32. The highest BCUT2D eigenvalue weighted by Crippen LogP contribution is 2.13. The van der Waals surface area contributed by atoms with Gasteiger partial charge in [0.1, 0.15) is 5.75 Å². The molecular weight excluding hydrogens is 264 g/mol. The molecule has 5 heteroatoms. The minimum absolute atomic E-state index is 0.651. The Kier molecular flexibility index (Phi) is 7.77. The molecule has 0 radical (unpaired) electrons. The molecule has 1 N–H and O–H groups in total. The number of carboxylic acid groups (broad SMARTS) is 1. The van der Waals surface area contributed by atoms with E-state index in [1.54, 1.807) is 24.9 Å². The van der Waals surface area contributed by atoms with Gasteiger partial charge in [-0.2, -0.15) is 11.8 Å². The molecule has 0 heterocycles. The van der Waals surface area contributed by atoms with E-state index in [9.17, 15) is 4.79 Å². The van der Waals surface area contributed by atoms with Gasteiger partial charge in [0.2, 0.25) is 0 Å². The van der Waals surface area contributed by atoms with E-state index in [4.69, 9.17) is 14.6 Å². The van der Waals surface area contributed by atoms with Gasteiger partial charge in [-0.1, -0.05) is 12.1 Å². The number of methoxy groups -OCH3 is 1. The van der Waals surface area contributed by atoms with Crippen molar-refractivity contribution in [2.45, 2.75) is 0 Å². The van der Waals surface area contributed by atoms with Crippen LogP contribution < -0.4 is 4.74 Å². The van der Waals surface area contributed by atoms with Gasteiger partial charge in [0, 0.05) is 24.7 Å². The number of carboxylic acids is 1. The van der Waals surface area contributed by atoms with Crippen LogP contribution in [0.15, 0.2) is 30.3 Å². The summed E-state index contributed by atoms with van der Waals surface area (Å²) in [6.07, 6.45) is 2.66. The molecule has 0 spiro atoms. The van der Waals surface area contributed by atoms with E-state index in [2.05, 4.69) is 0 Å². The zero-order chi connectivity index (χ0) is 13.9. The Hall–Kier alpha value is -1.46. The first-order chi connectivity index (χ1) is 9.22. The predicted molar refractivity (Wildman–Crippen MR) is 77.8 cm³/mol. The Labute approximate surface area is 117 Å². The largest absolute Gasteiger partial charge is 0.493 e. The van der Waals surface area contributed by atoms with Gasteiger partial charge in [-0.05, 0) is 23.8 Å². The average Bonchev–Trinajstić information content (AvgIpc) is 2.41. The monoisotopic (exact) mass is 282 g/mol. The maximum atomic E-state index is 10.4. The van der Waals surface area contributed by atoms with Crippen LogP contribution in [0, 0.1) is 0 Å². The molecule has 0 unspecified atom stereocenters. The van der Waals surface area contributed by atoms with E-state index in [-0.39, 0.29) is 0 Å². The van der Waals surface area contributed by atoms with Gasteiger partial charge >= 0.3 is 5.97 Å². The molecule has 0 saturated heterocycles. The Morgan fingerprint density at radius 3 is 2.58 bits per heavy atom. The molecule has 0 fully saturated rings. The lowest BCUT2D eigenvalue weighted by Gasteiger charge is -2.06. The lowest BCUT2D eigenvalue weighted by molar-refractivity contribution is -0.131. The molecule has 0 aliphatic rings. The smallest absolute Gasteiger partial charge is 0.328 e. The minimum atomic E-state index is -0.951. The Balaban J connectivity index is 2.26. The summed E-state index contributed by atoms with van der Waals surface area (Å²) in [6.45, 7) is 1.41. The van der Waals surface area contributed by atoms with Crippen LogP contribution in [0.25, 0.3) is 6.08 Å². The van der Waals surface area contributed by atoms with Gasteiger partial charge in [-0.3, -0.25) is 0 Å². The van der Waals surface area contributed by atoms with Gasteiger partial charge in [0.25, 0.3) is 0 Å². The summed E-state index contributed by atoms with van der Waals surface area (Å²) in [5.74, 6) is 1.73. The van der Waals surface area contributed by atoms with Crippen molar-refractivity contribution in [3.05, 3.63) is 35.9 Å². The molecule has 4 nitrogen and oxygen atoms in total. The van der Waals surface area contributed by atoms with E-state index in [0.29, 0.717) is 6.61 Å². The Morgan fingerprint density at radius 2 is 1.95 bits per heavy atom. The lowest BCUT2D eigenvalue weighted by Crippen LogP contribution is -2.02. The van der Waals surface area contributed by atoms with E-state index >= 15 is 0 Å². The quantitative estimate of drug-likeness (QED) is 0.557. The highest BCUT2D eigenvalue weighted by molar-refractivity contribution is 7.99. The molecule has 19 heavy (non-hydrogen) atoms. The van der Waals surface area contributed by atoms with Crippen LogP contribution in [0.3, 0.4) is 0 Å². The van der Waals surface area contributed by atoms with Crippen molar-refractivity contribution in [1.82, 2.24) is 0 Å². The fourth-order valence-corrected chi connectivity index (χ4v) is 2.00. The Bertz CT molecular complexity index is 400. The highest BCUT2D eigenvalue weighted by Gasteiger charge is 1.95. The van der Waals surface area contributed by atoms with Crippen molar-refractivity contribution < 1.29 is 19.4 Å². The van der Waals surface area contributed by atoms with Gasteiger partial charge < -0.3 is 14.6 Å². The molecule has 0 atom stereocenters. The standard InChI is InChI=1S/C14H18O4S/c1-17-8-10-19-11-9-18-13-5-2-12(3-6-13)4-7-14(15)16/h2-7H,8-11H2,1H3,(H,15,16)/b7-4+. The van der Waals surface area contributed by atoms with Gasteiger partial charge in [-0.15, -0.1) is 0 Å². The second-order valence-electron chi connectivity index (χ2n) is 3.69. The van der Waals surface area contributed by atoms with E-state index in [1.807, 2.05) is 24.3 Å². The molecular formula is C14H18O4S. The maximum Gasteiger partial charge on any atom is 0.328 e. The van der Waals surface area contributed by atoms with Crippen LogP contribution >= 0.6 is 11.8 Å². The van der Waals surface area contributed by atoms with Gasteiger partial charge in [-0.25, -0.2) is 4.79 Å². The van der Waals surface area contributed by atoms with Crippen LogP contribution in [0.5, 0.6) is 5.75 Å². The summed E-state index contributed by atoms with van der Waals surface area (Å²) < 4.78 is 10.5. The van der Waals surface area contributed by atoms with E-state index in [0.717, 1.165) is 35.5 Å². The topological polar surface area (TPSA) is 55.8 Å². The third-order valence-electron chi connectivity index (χ3n) is 2.23. The fraction of sp³-hybridized carbons (Fsp3) is 0.357. The van der Waals surface area contributed by atoms with Crippen LogP contribution in [0.2, 0.25) is 0 Å². The van der Waals surface area contributed by atoms with Crippen molar-refractivity contribution >= 4 is 23.8 Å². The summed E-state index contributed by atoms with van der Waals surface area (Å²) in [7, 11) is 1.69. The number of hydrogen-bond acceptors (Lipinski definition) is 4. The maximum absolute atomic E-state index is 10.4. The molecule has 0 aliphatic heterocycles. The fourth-order valence-electron chi connectivity index (χ4n) is 1.31. The van der Waals surface area contributed by atoms with Crippen molar-refractivity contribution in [3.8, 4) is 5.75 Å². The third-order valence-corrected chi connectivity index (χ3v) is 3.14. The first kappa shape index (κ1) is 15.6. The first-order valence-electron chi connectivity index (χ1n) is 5.93. The third kappa shape index (κ3) is 7.54. The highest BCUT2D eigenvalue weighted by atomic mass is 32.2. The van der Waals surface area contributed by atoms with Crippen LogP contribution in [-0.4, -0.2) is 42.9 Å². The first-order valence-corrected chi connectivity index (χ1v) is 7.08. The van der Waals surface area contributed by atoms with Gasteiger partial charge in [0.05, 0.1) is 13.2 Å². The summed E-state index contributed by atoms with van der Waals surface area (Å²) in [4.78, 5) is 10.4. The number of ether oxygens (including phenoxy) is 2. The average molecular weight is 282 g/mol. The number of hydrogen-bond donors (Lipinski definition) is 1. The molecule has 104 valence electrons. The predicted octanol–water partition coefficient (Wildman–Crippen LogP) is 2.54. The minimum Gasteiger partial charge on any atom is -0.493 e. The molecule has 0 amide bonds. The molecule has 0 aromatic heterocycles. The van der Waals surface area contributed by atoms with Crippen LogP contribution in [0.4, 0.5) is 0 Å². The molecule has 1 aromatic carbocycles. The second-order valence-corrected chi connectivity index (χ2v) is 4.92. The van der Waals surface area contributed by atoms with Crippen molar-refractivity contribution in [2.75, 3.05) is 31.8 Å². The zero-order valence-corrected chi connectivity index (χ0v) is 11.7. The summed E-state index contributed by atoms with van der Waals surface area (Å²) in [5.41, 5.74) is 0.837. The van der Waals surface area contributed by atoms with E-state index in [1.165, 1.54) is 0 Å². The Morgan fingerprint density at radius 1 is 1.26 bits per heavy atom. The number of aliphatic carboxylic acids is 1. The lowest BCUT2D eigenvalue weighted by atomic mass is 10.2. The van der Waals surface area contributed by atoms with Crippen LogP contribution in [-0.2, 0) is 9.53 Å². The number of rotatable bonds is 9. The van der Waals surface area contributed by atoms with E-state index < -0.39 is 5.97 Å². The zero-order valence-electron chi connectivity index (χ0n) is 10.9. The second kappa shape index (κ2) is 9.47. The van der Waals surface area contributed by atoms with Crippen molar-refractivity contribution in [1.29, 1.82) is 0 Å². The normalized spacial score (nSPS) is 10.8. The number of carbonyl (C=O) groups is 1. The SMILES string of the molecule is COCCSCCOc1ccc(/C=C/C(=O)O)cc1. The summed E-state index contributed by atoms with van der Waals surface area (Å²) >= 11 is 1.79. The molecule has 0 aliphatic carbocycles. The molecule has 0 saturated carbocycles. The van der Waals surface area contributed by atoms with Crippen LogP contribution in [0.1, 0.15) is 5.56 Å².